The van der Waals surface area contributed by atoms with Gasteiger partial charge in [0.1, 0.15) is 0 Å². The first kappa shape index (κ1) is 19.6. The van der Waals surface area contributed by atoms with Gasteiger partial charge in [0.05, 0.1) is 12.6 Å². The van der Waals surface area contributed by atoms with Crippen molar-refractivity contribution in [3.63, 3.8) is 0 Å². The molecule has 1 aliphatic heterocycles. The van der Waals surface area contributed by atoms with Gasteiger partial charge in [-0.2, -0.15) is 0 Å². The van der Waals surface area contributed by atoms with Crippen molar-refractivity contribution in [1.82, 2.24) is 5.32 Å². The number of anilines is 2. The molecule has 1 amide bonds. The van der Waals surface area contributed by atoms with E-state index in [4.69, 9.17) is 5.73 Å². The van der Waals surface area contributed by atoms with Crippen molar-refractivity contribution in [2.45, 2.75) is 25.8 Å². The number of halogens is 2. The van der Waals surface area contributed by atoms with Gasteiger partial charge in [-0.3, -0.25) is 4.79 Å². The Morgan fingerprint density at radius 1 is 1.28 bits per heavy atom. The smallest absolute Gasteiger partial charge is 0.239 e. The van der Waals surface area contributed by atoms with Gasteiger partial charge in [0.2, 0.25) is 5.91 Å². The summed E-state index contributed by atoms with van der Waals surface area (Å²) in [6, 6.07) is 13.9. The van der Waals surface area contributed by atoms with E-state index in [0.717, 1.165) is 46.4 Å². The third-order valence-electron chi connectivity index (χ3n) is 4.46. The number of fused-ring (bicyclic) bond motifs is 1. The summed E-state index contributed by atoms with van der Waals surface area (Å²) in [5, 5.41) is 3.08. The highest BCUT2D eigenvalue weighted by atomic mass is 79.9. The Labute approximate surface area is 163 Å². The van der Waals surface area contributed by atoms with Crippen LogP contribution in [0.25, 0.3) is 0 Å². The summed E-state index contributed by atoms with van der Waals surface area (Å²) in [6.45, 7) is 3.25. The van der Waals surface area contributed by atoms with E-state index in [0.29, 0.717) is 6.54 Å². The van der Waals surface area contributed by atoms with Gasteiger partial charge in [0, 0.05) is 22.4 Å². The van der Waals surface area contributed by atoms with Gasteiger partial charge in [-0.05, 0) is 55.2 Å². The zero-order valence-corrected chi connectivity index (χ0v) is 16.6. The molecule has 3 N–H and O–H groups in total. The van der Waals surface area contributed by atoms with Gasteiger partial charge in [-0.1, -0.05) is 34.1 Å². The van der Waals surface area contributed by atoms with E-state index in [9.17, 15) is 4.79 Å². The second-order valence-corrected chi connectivity index (χ2v) is 7.13. The SMILES string of the molecule is CC(NC(=O)CN1CCCc2c(N)cccc21)c1ccc(Br)cc1.Cl. The van der Waals surface area contributed by atoms with Gasteiger partial charge >= 0.3 is 0 Å². The number of hydrogen-bond acceptors (Lipinski definition) is 3. The summed E-state index contributed by atoms with van der Waals surface area (Å²) in [4.78, 5) is 14.6. The van der Waals surface area contributed by atoms with Crippen LogP contribution in [0.15, 0.2) is 46.9 Å². The van der Waals surface area contributed by atoms with Crippen molar-refractivity contribution in [3.05, 3.63) is 58.1 Å². The van der Waals surface area contributed by atoms with E-state index >= 15 is 0 Å². The number of carbonyl (C=O) groups excluding carboxylic acids is 1. The summed E-state index contributed by atoms with van der Waals surface area (Å²) in [5.41, 5.74) is 10.2. The summed E-state index contributed by atoms with van der Waals surface area (Å²) in [7, 11) is 0. The number of amides is 1. The van der Waals surface area contributed by atoms with Crippen molar-refractivity contribution in [3.8, 4) is 0 Å². The van der Waals surface area contributed by atoms with Crippen molar-refractivity contribution < 1.29 is 4.79 Å². The molecule has 0 radical (unpaired) electrons. The van der Waals surface area contributed by atoms with Gasteiger partial charge in [-0.25, -0.2) is 0 Å². The molecule has 1 unspecified atom stereocenters. The minimum Gasteiger partial charge on any atom is -0.398 e. The van der Waals surface area contributed by atoms with Crippen LogP contribution in [0.3, 0.4) is 0 Å². The number of nitrogens with zero attached hydrogens (tertiary/aromatic N) is 1. The van der Waals surface area contributed by atoms with Crippen molar-refractivity contribution in [2.75, 3.05) is 23.7 Å². The average Bonchev–Trinajstić information content (AvgIpc) is 2.56. The molecule has 1 heterocycles. The topological polar surface area (TPSA) is 58.4 Å². The van der Waals surface area contributed by atoms with Crippen LogP contribution in [0.1, 0.15) is 30.5 Å². The van der Waals surface area contributed by atoms with Crippen LogP contribution in [0, 0.1) is 0 Å². The van der Waals surface area contributed by atoms with E-state index < -0.39 is 0 Å². The Morgan fingerprint density at radius 3 is 2.72 bits per heavy atom. The fraction of sp³-hybridized carbons (Fsp3) is 0.316. The Bertz CT molecular complexity index is 736. The normalized spacial score (nSPS) is 14.2. The maximum Gasteiger partial charge on any atom is 0.239 e. The molecule has 3 rings (SSSR count). The van der Waals surface area contributed by atoms with Crippen LogP contribution < -0.4 is 16.0 Å². The predicted molar refractivity (Wildman–Crippen MR) is 109 cm³/mol. The second-order valence-electron chi connectivity index (χ2n) is 6.21. The molecule has 0 fully saturated rings. The Hall–Kier alpha value is -1.72. The lowest BCUT2D eigenvalue weighted by atomic mass is 10.00. The first-order valence-corrected chi connectivity index (χ1v) is 9.01. The average molecular weight is 425 g/mol. The van der Waals surface area contributed by atoms with Crippen molar-refractivity contribution in [2.24, 2.45) is 0 Å². The number of benzene rings is 2. The lowest BCUT2D eigenvalue weighted by molar-refractivity contribution is -0.120. The summed E-state index contributed by atoms with van der Waals surface area (Å²) < 4.78 is 1.03. The zero-order chi connectivity index (χ0) is 17.1. The van der Waals surface area contributed by atoms with E-state index in [2.05, 4.69) is 32.2 Å². The monoisotopic (exact) mass is 423 g/mol. The summed E-state index contributed by atoms with van der Waals surface area (Å²) >= 11 is 3.43. The highest BCUT2D eigenvalue weighted by Gasteiger charge is 2.21. The minimum atomic E-state index is -0.0179. The maximum absolute atomic E-state index is 12.5. The number of carbonyl (C=O) groups is 1. The van der Waals surface area contributed by atoms with E-state index in [1.165, 1.54) is 0 Å². The van der Waals surface area contributed by atoms with Gasteiger partial charge in [0.25, 0.3) is 0 Å². The van der Waals surface area contributed by atoms with Gasteiger partial charge < -0.3 is 16.0 Å². The number of nitrogens with one attached hydrogen (secondary N) is 1. The molecule has 134 valence electrons. The van der Waals surface area contributed by atoms with E-state index in [1.807, 2.05) is 43.3 Å². The first-order chi connectivity index (χ1) is 11.5. The fourth-order valence-electron chi connectivity index (χ4n) is 3.19. The Balaban J connectivity index is 0.00000225. The van der Waals surface area contributed by atoms with Crippen molar-refractivity contribution in [1.29, 1.82) is 0 Å². The van der Waals surface area contributed by atoms with Crippen LogP contribution in [0.4, 0.5) is 11.4 Å². The number of nitrogens with two attached hydrogens (primary N) is 1. The zero-order valence-electron chi connectivity index (χ0n) is 14.2. The third kappa shape index (κ3) is 4.67. The van der Waals surface area contributed by atoms with Crippen LogP contribution in [0.2, 0.25) is 0 Å². The molecule has 0 bridgehead atoms. The van der Waals surface area contributed by atoms with Gasteiger partial charge in [0.15, 0.2) is 0 Å². The first-order valence-electron chi connectivity index (χ1n) is 8.22. The largest absolute Gasteiger partial charge is 0.398 e. The number of hydrogen-bond donors (Lipinski definition) is 2. The Kier molecular flexibility index (Phi) is 6.73. The Morgan fingerprint density at radius 2 is 2.00 bits per heavy atom. The van der Waals surface area contributed by atoms with Gasteiger partial charge in [-0.15, -0.1) is 12.4 Å². The fourth-order valence-corrected chi connectivity index (χ4v) is 3.45. The molecule has 0 aromatic heterocycles. The highest BCUT2D eigenvalue weighted by molar-refractivity contribution is 9.10. The van der Waals surface area contributed by atoms with Crippen LogP contribution >= 0.6 is 28.3 Å². The van der Waals surface area contributed by atoms with Crippen LogP contribution in [0.5, 0.6) is 0 Å². The second kappa shape index (κ2) is 8.59. The number of rotatable bonds is 4. The lowest BCUT2D eigenvalue weighted by Crippen LogP contribution is -2.40. The molecule has 1 aliphatic rings. The molecule has 0 spiro atoms. The third-order valence-corrected chi connectivity index (χ3v) is 4.99. The molecular weight excluding hydrogens is 402 g/mol. The number of nitrogen functional groups attached to an aromatic ring is 1. The van der Waals surface area contributed by atoms with Crippen LogP contribution in [-0.4, -0.2) is 19.0 Å². The van der Waals surface area contributed by atoms with Crippen LogP contribution in [-0.2, 0) is 11.2 Å². The molecule has 6 heteroatoms. The quantitative estimate of drug-likeness (QED) is 0.727. The highest BCUT2D eigenvalue weighted by Crippen LogP contribution is 2.31. The molecular formula is C19H23BrClN3O. The molecule has 2 aromatic carbocycles. The molecule has 25 heavy (non-hydrogen) atoms. The standard InChI is InChI=1S/C19H22BrN3O.ClH/c1-13(14-7-9-15(20)10-8-14)22-19(24)12-23-11-3-4-16-17(21)5-2-6-18(16)23;/h2,5-10,13H,3-4,11-12,21H2,1H3,(H,22,24);1H. The van der Waals surface area contributed by atoms with E-state index in [-0.39, 0.29) is 24.4 Å². The molecule has 0 saturated heterocycles. The molecule has 1 atom stereocenters. The summed E-state index contributed by atoms with van der Waals surface area (Å²) in [5.74, 6) is 0.0284. The minimum absolute atomic E-state index is 0. The molecule has 0 saturated carbocycles. The lowest BCUT2D eigenvalue weighted by Gasteiger charge is -2.31. The van der Waals surface area contributed by atoms with Crippen molar-refractivity contribution >= 4 is 45.6 Å². The maximum atomic E-state index is 12.5. The van der Waals surface area contributed by atoms with E-state index in [1.54, 1.807) is 0 Å². The predicted octanol–water partition coefficient (Wildman–Crippen LogP) is 4.08. The molecule has 2 aromatic rings. The summed E-state index contributed by atoms with van der Waals surface area (Å²) in [6.07, 6.45) is 2.01. The molecule has 0 aliphatic carbocycles. The molecule has 4 nitrogen and oxygen atoms in total.